The quantitative estimate of drug-likeness (QED) is 0.887. The van der Waals surface area contributed by atoms with Crippen molar-refractivity contribution < 1.29 is 4.74 Å². The summed E-state index contributed by atoms with van der Waals surface area (Å²) in [5.41, 5.74) is 1.28. The fraction of sp³-hybridized carbons (Fsp3) is 0.600. The first kappa shape index (κ1) is 12.5. The first-order chi connectivity index (χ1) is 8.83. The van der Waals surface area contributed by atoms with Crippen LogP contribution in [-0.4, -0.2) is 12.1 Å². The molecule has 0 unspecified atom stereocenters. The third kappa shape index (κ3) is 3.07. The fourth-order valence-electron chi connectivity index (χ4n) is 2.54. The molecule has 0 saturated heterocycles. The summed E-state index contributed by atoms with van der Waals surface area (Å²) in [7, 11) is 0. The second-order valence-electron chi connectivity index (χ2n) is 5.41. The fourth-order valence-corrected chi connectivity index (χ4v) is 3.04. The maximum atomic E-state index is 6.20. The highest BCUT2D eigenvalue weighted by atomic mass is 79.9. The van der Waals surface area contributed by atoms with Gasteiger partial charge in [0.25, 0.3) is 0 Å². The lowest BCUT2D eigenvalue weighted by atomic mass is 10.2. The Morgan fingerprint density at radius 3 is 2.67 bits per heavy atom. The van der Waals surface area contributed by atoms with Gasteiger partial charge < -0.3 is 10.1 Å². The van der Waals surface area contributed by atoms with Crippen molar-refractivity contribution in [2.24, 2.45) is 0 Å². The van der Waals surface area contributed by atoms with Crippen LogP contribution in [0, 0.1) is 0 Å². The number of hydrogen-bond acceptors (Lipinski definition) is 2. The molecule has 3 heteroatoms. The Hall–Kier alpha value is -0.540. The minimum Gasteiger partial charge on any atom is -0.489 e. The molecule has 0 heterocycles. The van der Waals surface area contributed by atoms with Crippen LogP contribution in [0.1, 0.15) is 44.1 Å². The van der Waals surface area contributed by atoms with E-state index in [1.807, 2.05) is 0 Å². The van der Waals surface area contributed by atoms with Gasteiger partial charge in [-0.25, -0.2) is 0 Å². The summed E-state index contributed by atoms with van der Waals surface area (Å²) in [6, 6.07) is 7.08. The molecule has 3 rings (SSSR count). The van der Waals surface area contributed by atoms with Gasteiger partial charge in [0.15, 0.2) is 0 Å². The van der Waals surface area contributed by atoms with Gasteiger partial charge in [0.05, 0.1) is 10.6 Å². The Morgan fingerprint density at radius 2 is 1.94 bits per heavy atom. The van der Waals surface area contributed by atoms with Crippen LogP contribution in [0.4, 0.5) is 0 Å². The van der Waals surface area contributed by atoms with E-state index in [9.17, 15) is 0 Å². The zero-order chi connectivity index (χ0) is 12.4. The number of nitrogens with one attached hydrogen (secondary N) is 1. The molecule has 1 N–H and O–H groups in total. The van der Waals surface area contributed by atoms with Gasteiger partial charge in [0, 0.05) is 18.2 Å². The Kier molecular flexibility index (Phi) is 3.90. The van der Waals surface area contributed by atoms with Crippen molar-refractivity contribution in [2.45, 2.75) is 57.2 Å². The van der Waals surface area contributed by atoms with E-state index in [-0.39, 0.29) is 0 Å². The predicted molar refractivity (Wildman–Crippen MR) is 76.9 cm³/mol. The topological polar surface area (TPSA) is 21.3 Å². The van der Waals surface area contributed by atoms with Crippen LogP contribution in [0.5, 0.6) is 5.75 Å². The number of benzene rings is 1. The van der Waals surface area contributed by atoms with Crippen molar-refractivity contribution in [1.82, 2.24) is 5.32 Å². The van der Waals surface area contributed by atoms with Gasteiger partial charge in [-0.1, -0.05) is 12.1 Å². The summed E-state index contributed by atoms with van der Waals surface area (Å²) in [6.07, 6.45) is 8.10. The standard InChI is InChI=1S/C15H20BrNO/c16-14-7-3-4-11(10-17-12-8-9-12)15(14)18-13-5-1-2-6-13/h3-4,7,12-13,17H,1-2,5-6,8-10H2. The first-order valence-corrected chi connectivity index (χ1v) is 7.79. The molecule has 2 fully saturated rings. The van der Waals surface area contributed by atoms with Crippen molar-refractivity contribution in [1.29, 1.82) is 0 Å². The molecular formula is C15H20BrNO. The molecule has 0 atom stereocenters. The van der Waals surface area contributed by atoms with Crippen LogP contribution >= 0.6 is 15.9 Å². The van der Waals surface area contributed by atoms with E-state index >= 15 is 0 Å². The van der Waals surface area contributed by atoms with E-state index in [1.54, 1.807) is 0 Å². The number of rotatable bonds is 5. The Morgan fingerprint density at radius 1 is 1.17 bits per heavy atom. The van der Waals surface area contributed by atoms with Gasteiger partial charge >= 0.3 is 0 Å². The average Bonchev–Trinajstić information content (AvgIpc) is 3.06. The predicted octanol–water partition coefficient (Wildman–Crippen LogP) is 4.02. The highest BCUT2D eigenvalue weighted by molar-refractivity contribution is 9.10. The molecule has 0 aromatic heterocycles. The Bertz CT molecular complexity index is 411. The van der Waals surface area contributed by atoms with Gasteiger partial charge in [0.1, 0.15) is 5.75 Å². The molecule has 0 aliphatic heterocycles. The molecule has 0 amide bonds. The molecule has 2 aliphatic carbocycles. The zero-order valence-electron chi connectivity index (χ0n) is 10.6. The number of para-hydroxylation sites is 1. The number of halogens is 1. The molecule has 18 heavy (non-hydrogen) atoms. The third-order valence-electron chi connectivity index (χ3n) is 3.79. The lowest BCUT2D eigenvalue weighted by molar-refractivity contribution is 0.206. The minimum atomic E-state index is 0.420. The summed E-state index contributed by atoms with van der Waals surface area (Å²) in [4.78, 5) is 0. The molecule has 2 nitrogen and oxygen atoms in total. The summed E-state index contributed by atoms with van der Waals surface area (Å²) in [5, 5.41) is 3.56. The molecule has 1 aromatic carbocycles. The molecule has 0 spiro atoms. The van der Waals surface area contributed by atoms with E-state index in [4.69, 9.17) is 4.74 Å². The van der Waals surface area contributed by atoms with Crippen molar-refractivity contribution >= 4 is 15.9 Å². The molecule has 98 valence electrons. The maximum absolute atomic E-state index is 6.20. The maximum Gasteiger partial charge on any atom is 0.138 e. The molecule has 1 aromatic rings. The van der Waals surface area contributed by atoms with E-state index < -0.39 is 0 Å². The summed E-state index contributed by atoms with van der Waals surface area (Å²) in [5.74, 6) is 1.05. The van der Waals surface area contributed by atoms with Crippen molar-refractivity contribution in [2.75, 3.05) is 0 Å². The minimum absolute atomic E-state index is 0.420. The van der Waals surface area contributed by atoms with Crippen LogP contribution in [0.2, 0.25) is 0 Å². The monoisotopic (exact) mass is 309 g/mol. The highest BCUT2D eigenvalue weighted by Crippen LogP contribution is 2.33. The Labute approximate surface area is 117 Å². The van der Waals surface area contributed by atoms with Crippen molar-refractivity contribution in [3.63, 3.8) is 0 Å². The largest absolute Gasteiger partial charge is 0.489 e. The lowest BCUT2D eigenvalue weighted by Crippen LogP contribution is -2.18. The van der Waals surface area contributed by atoms with Crippen molar-refractivity contribution in [3.05, 3.63) is 28.2 Å². The van der Waals surface area contributed by atoms with Crippen LogP contribution < -0.4 is 10.1 Å². The molecule has 0 radical (unpaired) electrons. The second-order valence-corrected chi connectivity index (χ2v) is 6.26. The third-order valence-corrected chi connectivity index (χ3v) is 4.42. The number of ether oxygens (including phenoxy) is 1. The van der Waals surface area contributed by atoms with Gasteiger partial charge in [-0.2, -0.15) is 0 Å². The van der Waals surface area contributed by atoms with Crippen LogP contribution in [0.3, 0.4) is 0 Å². The van der Waals surface area contributed by atoms with Crippen LogP contribution in [-0.2, 0) is 6.54 Å². The van der Waals surface area contributed by atoms with E-state index in [2.05, 4.69) is 39.4 Å². The summed E-state index contributed by atoms with van der Waals surface area (Å²) in [6.45, 7) is 0.923. The first-order valence-electron chi connectivity index (χ1n) is 7.00. The van der Waals surface area contributed by atoms with E-state index in [0.717, 1.165) is 22.8 Å². The van der Waals surface area contributed by atoms with Crippen molar-refractivity contribution in [3.8, 4) is 5.75 Å². The van der Waals surface area contributed by atoms with Crippen LogP contribution in [0.25, 0.3) is 0 Å². The number of hydrogen-bond donors (Lipinski definition) is 1. The molecule has 2 saturated carbocycles. The van der Waals surface area contributed by atoms with E-state index in [1.165, 1.54) is 44.1 Å². The molecule has 0 bridgehead atoms. The molecule has 2 aliphatic rings. The smallest absolute Gasteiger partial charge is 0.138 e. The van der Waals surface area contributed by atoms with Gasteiger partial charge in [-0.05, 0) is 60.5 Å². The normalized spacial score (nSPS) is 20.3. The zero-order valence-corrected chi connectivity index (χ0v) is 12.2. The van der Waals surface area contributed by atoms with Gasteiger partial charge in [0.2, 0.25) is 0 Å². The highest BCUT2D eigenvalue weighted by Gasteiger charge is 2.22. The summed E-state index contributed by atoms with van der Waals surface area (Å²) < 4.78 is 7.29. The molecular weight excluding hydrogens is 290 g/mol. The Balaban J connectivity index is 1.71. The SMILES string of the molecule is Brc1cccc(CNC2CC2)c1OC1CCCC1. The second kappa shape index (κ2) is 5.62. The lowest BCUT2D eigenvalue weighted by Gasteiger charge is -2.18. The van der Waals surface area contributed by atoms with Gasteiger partial charge in [-0.3, -0.25) is 0 Å². The average molecular weight is 310 g/mol. The van der Waals surface area contributed by atoms with E-state index in [0.29, 0.717) is 6.10 Å². The summed E-state index contributed by atoms with van der Waals surface area (Å²) >= 11 is 3.62. The van der Waals surface area contributed by atoms with Gasteiger partial charge in [-0.15, -0.1) is 0 Å². The van der Waals surface area contributed by atoms with Crippen LogP contribution in [0.15, 0.2) is 22.7 Å².